The average Bonchev–Trinajstić information content (AvgIpc) is 3.11. The fourth-order valence-corrected chi connectivity index (χ4v) is 5.07. The summed E-state index contributed by atoms with van der Waals surface area (Å²) in [5.41, 5.74) is 2.44. The Morgan fingerprint density at radius 3 is 2.50 bits per heavy atom. The molecular formula is C20H21NO3S2. The maximum Gasteiger partial charge on any atom is 0.241 e. The van der Waals surface area contributed by atoms with E-state index >= 15 is 0 Å². The van der Waals surface area contributed by atoms with E-state index in [0.717, 1.165) is 26.4 Å². The standard InChI is InChI=1S/C20H21NO3S2/c1-14-8-9-15(2)19(12-14)26(23,24)21-13-17-10-11-18(25-17)20(22)16-6-4-3-5-7-16/h3-12,20-22H,13H2,1-2H3. The second kappa shape index (κ2) is 7.72. The molecule has 0 saturated carbocycles. The summed E-state index contributed by atoms with van der Waals surface area (Å²) in [6.45, 7) is 3.85. The van der Waals surface area contributed by atoms with Gasteiger partial charge in [0.05, 0.1) is 4.90 Å². The molecule has 1 atom stereocenters. The molecule has 2 N–H and O–H groups in total. The molecule has 136 valence electrons. The van der Waals surface area contributed by atoms with Crippen molar-refractivity contribution in [3.63, 3.8) is 0 Å². The molecule has 0 fully saturated rings. The highest BCUT2D eigenvalue weighted by Gasteiger charge is 2.18. The SMILES string of the molecule is Cc1ccc(C)c(S(=O)(=O)NCc2ccc(C(O)c3ccccc3)s2)c1. The summed E-state index contributed by atoms with van der Waals surface area (Å²) in [4.78, 5) is 1.94. The minimum Gasteiger partial charge on any atom is -0.383 e. The minimum absolute atomic E-state index is 0.196. The number of thiophene rings is 1. The van der Waals surface area contributed by atoms with Gasteiger partial charge in [0.25, 0.3) is 0 Å². The lowest BCUT2D eigenvalue weighted by atomic mass is 10.1. The van der Waals surface area contributed by atoms with Crippen molar-refractivity contribution in [3.05, 3.63) is 87.1 Å². The smallest absolute Gasteiger partial charge is 0.241 e. The van der Waals surface area contributed by atoms with Gasteiger partial charge in [0, 0.05) is 16.3 Å². The summed E-state index contributed by atoms with van der Waals surface area (Å²) in [6, 6.07) is 18.5. The first-order valence-electron chi connectivity index (χ1n) is 8.25. The van der Waals surface area contributed by atoms with Crippen LogP contribution in [0, 0.1) is 13.8 Å². The molecule has 0 amide bonds. The highest BCUT2D eigenvalue weighted by atomic mass is 32.2. The molecule has 0 aliphatic rings. The fourth-order valence-electron chi connectivity index (χ4n) is 2.68. The Balaban J connectivity index is 1.73. The Labute approximate surface area is 158 Å². The summed E-state index contributed by atoms with van der Waals surface area (Å²) < 4.78 is 27.8. The van der Waals surface area contributed by atoms with Crippen LogP contribution in [0.5, 0.6) is 0 Å². The molecule has 6 heteroatoms. The second-order valence-electron chi connectivity index (χ2n) is 6.21. The van der Waals surface area contributed by atoms with Gasteiger partial charge in [0.1, 0.15) is 6.10 Å². The van der Waals surface area contributed by atoms with E-state index in [-0.39, 0.29) is 6.54 Å². The molecule has 4 nitrogen and oxygen atoms in total. The average molecular weight is 388 g/mol. The second-order valence-corrected chi connectivity index (χ2v) is 9.15. The van der Waals surface area contributed by atoms with Gasteiger partial charge >= 0.3 is 0 Å². The molecule has 0 bridgehead atoms. The number of aliphatic hydroxyl groups excluding tert-OH is 1. The van der Waals surface area contributed by atoms with E-state index in [1.165, 1.54) is 11.3 Å². The van der Waals surface area contributed by atoms with Crippen LogP contribution in [0.25, 0.3) is 0 Å². The number of hydrogen-bond acceptors (Lipinski definition) is 4. The molecule has 2 aromatic carbocycles. The quantitative estimate of drug-likeness (QED) is 0.674. The summed E-state index contributed by atoms with van der Waals surface area (Å²) in [6.07, 6.45) is -0.703. The molecule has 0 aliphatic carbocycles. The van der Waals surface area contributed by atoms with Crippen LogP contribution in [0.15, 0.2) is 65.6 Å². The number of aryl methyl sites for hydroxylation is 2. The predicted molar refractivity (Wildman–Crippen MR) is 105 cm³/mol. The van der Waals surface area contributed by atoms with E-state index in [4.69, 9.17) is 0 Å². The number of nitrogens with one attached hydrogen (secondary N) is 1. The molecule has 3 rings (SSSR count). The number of aliphatic hydroxyl groups is 1. The van der Waals surface area contributed by atoms with Crippen molar-refractivity contribution in [2.24, 2.45) is 0 Å². The van der Waals surface area contributed by atoms with Gasteiger partial charge in [0.2, 0.25) is 10.0 Å². The predicted octanol–water partition coefficient (Wildman–Crippen LogP) is 3.93. The molecule has 1 unspecified atom stereocenters. The van der Waals surface area contributed by atoms with Crippen molar-refractivity contribution in [2.45, 2.75) is 31.4 Å². The zero-order valence-electron chi connectivity index (χ0n) is 14.6. The van der Waals surface area contributed by atoms with Crippen molar-refractivity contribution in [1.29, 1.82) is 0 Å². The Bertz CT molecular complexity index is 995. The van der Waals surface area contributed by atoms with E-state index in [1.54, 1.807) is 13.0 Å². The molecule has 1 aromatic heterocycles. The maximum absolute atomic E-state index is 12.6. The van der Waals surface area contributed by atoms with Gasteiger partial charge in [0.15, 0.2) is 0 Å². The first kappa shape index (κ1) is 18.8. The van der Waals surface area contributed by atoms with Crippen molar-refractivity contribution < 1.29 is 13.5 Å². The van der Waals surface area contributed by atoms with Gasteiger partial charge in [-0.25, -0.2) is 13.1 Å². The van der Waals surface area contributed by atoms with E-state index in [1.807, 2.05) is 61.5 Å². The summed E-state index contributed by atoms with van der Waals surface area (Å²) in [7, 11) is -3.58. The lowest BCUT2D eigenvalue weighted by Crippen LogP contribution is -2.23. The summed E-state index contributed by atoms with van der Waals surface area (Å²) >= 11 is 1.40. The first-order valence-corrected chi connectivity index (χ1v) is 10.6. The number of benzene rings is 2. The number of hydrogen-bond donors (Lipinski definition) is 2. The van der Waals surface area contributed by atoms with Crippen molar-refractivity contribution in [3.8, 4) is 0 Å². The molecule has 0 aliphatic heterocycles. The number of sulfonamides is 1. The lowest BCUT2D eigenvalue weighted by molar-refractivity contribution is 0.224. The van der Waals surface area contributed by atoms with E-state index in [9.17, 15) is 13.5 Å². The monoisotopic (exact) mass is 387 g/mol. The van der Waals surface area contributed by atoms with Gasteiger partial charge < -0.3 is 5.11 Å². The highest BCUT2D eigenvalue weighted by Crippen LogP contribution is 2.28. The fraction of sp³-hybridized carbons (Fsp3) is 0.200. The van der Waals surface area contributed by atoms with E-state index in [0.29, 0.717) is 4.90 Å². The van der Waals surface area contributed by atoms with Gasteiger partial charge in [-0.1, -0.05) is 42.5 Å². The molecule has 0 spiro atoms. The van der Waals surface area contributed by atoms with Crippen LogP contribution in [0.4, 0.5) is 0 Å². The van der Waals surface area contributed by atoms with Crippen molar-refractivity contribution in [1.82, 2.24) is 4.72 Å². The Morgan fingerprint density at radius 1 is 1.04 bits per heavy atom. The van der Waals surface area contributed by atoms with Crippen LogP contribution in [-0.2, 0) is 16.6 Å². The minimum atomic E-state index is -3.58. The van der Waals surface area contributed by atoms with Crippen LogP contribution < -0.4 is 4.72 Å². The molecular weight excluding hydrogens is 366 g/mol. The van der Waals surface area contributed by atoms with E-state index in [2.05, 4.69) is 4.72 Å². The lowest BCUT2D eigenvalue weighted by Gasteiger charge is -2.10. The van der Waals surface area contributed by atoms with Crippen molar-refractivity contribution >= 4 is 21.4 Å². The first-order chi connectivity index (χ1) is 12.4. The van der Waals surface area contributed by atoms with Gasteiger partial charge in [-0.2, -0.15) is 0 Å². The Hall–Kier alpha value is -1.99. The zero-order valence-corrected chi connectivity index (χ0v) is 16.3. The number of rotatable bonds is 6. The third-order valence-electron chi connectivity index (χ3n) is 4.14. The summed E-state index contributed by atoms with van der Waals surface area (Å²) in [5.74, 6) is 0. The molecule has 0 saturated heterocycles. The maximum atomic E-state index is 12.6. The largest absolute Gasteiger partial charge is 0.383 e. The van der Waals surface area contributed by atoms with Crippen LogP contribution >= 0.6 is 11.3 Å². The van der Waals surface area contributed by atoms with Crippen LogP contribution in [0.3, 0.4) is 0 Å². The van der Waals surface area contributed by atoms with Gasteiger partial charge in [-0.05, 0) is 48.7 Å². The highest BCUT2D eigenvalue weighted by molar-refractivity contribution is 7.89. The molecule has 3 aromatic rings. The van der Waals surface area contributed by atoms with Crippen molar-refractivity contribution in [2.75, 3.05) is 0 Å². The normalized spacial score (nSPS) is 12.9. The van der Waals surface area contributed by atoms with Crippen LogP contribution in [0.2, 0.25) is 0 Å². The summed E-state index contributed by atoms with van der Waals surface area (Å²) in [5, 5.41) is 10.4. The zero-order chi connectivity index (χ0) is 18.7. The van der Waals surface area contributed by atoms with Crippen LogP contribution in [-0.4, -0.2) is 13.5 Å². The topological polar surface area (TPSA) is 66.4 Å². The Kier molecular flexibility index (Phi) is 5.58. The third-order valence-corrected chi connectivity index (χ3v) is 6.82. The third kappa shape index (κ3) is 4.22. The molecule has 0 radical (unpaired) electrons. The van der Waals surface area contributed by atoms with Gasteiger partial charge in [-0.15, -0.1) is 11.3 Å². The molecule has 1 heterocycles. The Morgan fingerprint density at radius 2 is 1.77 bits per heavy atom. The molecule has 26 heavy (non-hydrogen) atoms. The van der Waals surface area contributed by atoms with E-state index < -0.39 is 16.1 Å². The van der Waals surface area contributed by atoms with Gasteiger partial charge in [-0.3, -0.25) is 0 Å². The van der Waals surface area contributed by atoms with Crippen LogP contribution in [0.1, 0.15) is 32.5 Å².